The van der Waals surface area contributed by atoms with E-state index >= 15 is 0 Å². The van der Waals surface area contributed by atoms with Gasteiger partial charge in [0.1, 0.15) is 0 Å². The lowest BCUT2D eigenvalue weighted by atomic mass is 10.2. The van der Waals surface area contributed by atoms with Crippen LogP contribution in [0.25, 0.3) is 0 Å². The molecule has 1 aliphatic rings. The molecule has 1 saturated heterocycles. The lowest BCUT2D eigenvalue weighted by molar-refractivity contribution is -0.121. The molecule has 3 N–H and O–H groups in total. The Hall–Kier alpha value is -1.15. The number of amides is 1. The average Bonchev–Trinajstić information content (AvgIpc) is 2.54. The van der Waals surface area contributed by atoms with E-state index in [1.807, 2.05) is 0 Å². The van der Waals surface area contributed by atoms with Crippen molar-refractivity contribution in [2.75, 3.05) is 19.6 Å². The van der Waals surface area contributed by atoms with Crippen molar-refractivity contribution in [3.63, 3.8) is 0 Å². The van der Waals surface area contributed by atoms with Crippen LogP contribution in [0.3, 0.4) is 0 Å². The Morgan fingerprint density at radius 2 is 1.83 bits per heavy atom. The van der Waals surface area contributed by atoms with Crippen LogP contribution in [0.2, 0.25) is 0 Å². The molecule has 0 aromatic heterocycles. The number of sulfonamides is 1. The molecule has 1 aliphatic heterocycles. The third-order valence-electron chi connectivity index (χ3n) is 3.75. The van der Waals surface area contributed by atoms with E-state index in [1.165, 1.54) is 4.31 Å². The van der Waals surface area contributed by atoms with Crippen LogP contribution in [0.5, 0.6) is 0 Å². The number of nitrogens with zero attached hydrogens (tertiary/aromatic N) is 1. The van der Waals surface area contributed by atoms with Crippen molar-refractivity contribution < 1.29 is 13.2 Å². The molecule has 0 radical (unpaired) electrons. The quantitative estimate of drug-likeness (QED) is 0.797. The van der Waals surface area contributed by atoms with E-state index in [-0.39, 0.29) is 42.7 Å². The van der Waals surface area contributed by atoms with Crippen LogP contribution < -0.4 is 11.1 Å². The highest BCUT2D eigenvalue weighted by atomic mass is 35.5. The number of carbonyl (C=O) groups excluding carboxylic acids is 1. The zero-order valence-corrected chi connectivity index (χ0v) is 14.7. The summed E-state index contributed by atoms with van der Waals surface area (Å²) in [5.74, 6) is -0.173. The summed E-state index contributed by atoms with van der Waals surface area (Å²) in [6, 6.07) is 6.83. The predicted octanol–water partition coefficient (Wildman–Crippen LogP) is 1.25. The van der Waals surface area contributed by atoms with Crippen molar-refractivity contribution in [2.45, 2.75) is 37.1 Å². The Bertz CT molecular complexity index is 616. The van der Waals surface area contributed by atoms with Gasteiger partial charge in [-0.15, -0.1) is 12.4 Å². The summed E-state index contributed by atoms with van der Waals surface area (Å²) in [5, 5.41) is 2.71. The van der Waals surface area contributed by atoms with Crippen molar-refractivity contribution >= 4 is 28.3 Å². The second kappa shape index (κ2) is 9.22. The van der Waals surface area contributed by atoms with Gasteiger partial charge >= 0.3 is 0 Å². The molecule has 130 valence electrons. The normalized spacial score (nSPS) is 15.7. The number of benzene rings is 1. The van der Waals surface area contributed by atoms with Crippen LogP contribution in [-0.4, -0.2) is 38.3 Å². The third-order valence-corrected chi connectivity index (χ3v) is 5.75. The minimum absolute atomic E-state index is 0. The number of hydrogen-bond donors (Lipinski definition) is 2. The van der Waals surface area contributed by atoms with Crippen LogP contribution in [0.4, 0.5) is 0 Å². The van der Waals surface area contributed by atoms with Gasteiger partial charge in [0.2, 0.25) is 15.9 Å². The third kappa shape index (κ3) is 5.17. The highest BCUT2D eigenvalue weighted by Gasteiger charge is 2.27. The molecule has 0 spiro atoms. The molecule has 1 fully saturated rings. The van der Waals surface area contributed by atoms with Gasteiger partial charge in [-0.1, -0.05) is 24.6 Å². The van der Waals surface area contributed by atoms with Crippen LogP contribution in [0, 0.1) is 0 Å². The van der Waals surface area contributed by atoms with Crippen molar-refractivity contribution in [3.05, 3.63) is 29.8 Å². The Labute approximate surface area is 143 Å². The fourth-order valence-electron chi connectivity index (χ4n) is 2.56. The second-order valence-electron chi connectivity index (χ2n) is 5.39. The topological polar surface area (TPSA) is 92.5 Å². The molecule has 0 aliphatic carbocycles. The summed E-state index contributed by atoms with van der Waals surface area (Å²) in [4.78, 5) is 11.8. The van der Waals surface area contributed by atoms with Crippen LogP contribution >= 0.6 is 12.4 Å². The van der Waals surface area contributed by atoms with Gasteiger partial charge in [0.05, 0.1) is 4.90 Å². The lowest BCUT2D eigenvalue weighted by Gasteiger charge is -2.26. The molecule has 0 bridgehead atoms. The first kappa shape index (κ1) is 19.9. The van der Waals surface area contributed by atoms with Crippen LogP contribution in [0.15, 0.2) is 29.2 Å². The van der Waals surface area contributed by atoms with E-state index in [0.29, 0.717) is 18.7 Å². The molecule has 1 aromatic carbocycles. The summed E-state index contributed by atoms with van der Waals surface area (Å²) >= 11 is 0. The summed E-state index contributed by atoms with van der Waals surface area (Å²) in [6.45, 7) is 1.61. The monoisotopic (exact) mass is 361 g/mol. The predicted molar refractivity (Wildman–Crippen MR) is 91.8 cm³/mol. The van der Waals surface area contributed by atoms with Gasteiger partial charge in [0.25, 0.3) is 0 Å². The molecular formula is C15H24ClN3O3S. The van der Waals surface area contributed by atoms with Gasteiger partial charge in [-0.3, -0.25) is 4.79 Å². The molecule has 1 amide bonds. The first-order chi connectivity index (χ1) is 10.6. The zero-order chi connectivity index (χ0) is 16.0. The molecule has 8 heteroatoms. The smallest absolute Gasteiger partial charge is 0.243 e. The van der Waals surface area contributed by atoms with Crippen molar-refractivity contribution in [1.29, 1.82) is 0 Å². The Balaban J connectivity index is 0.00000264. The summed E-state index contributed by atoms with van der Waals surface area (Å²) in [5.41, 5.74) is 5.94. The lowest BCUT2D eigenvalue weighted by Crippen LogP contribution is -2.36. The van der Waals surface area contributed by atoms with E-state index in [4.69, 9.17) is 5.73 Å². The number of nitrogens with one attached hydrogen (secondary N) is 1. The van der Waals surface area contributed by atoms with E-state index < -0.39 is 10.0 Å². The van der Waals surface area contributed by atoms with Crippen LogP contribution in [-0.2, 0) is 21.4 Å². The zero-order valence-electron chi connectivity index (χ0n) is 13.0. The Kier molecular flexibility index (Phi) is 7.98. The maximum absolute atomic E-state index is 12.8. The van der Waals surface area contributed by atoms with E-state index in [1.54, 1.807) is 24.3 Å². The second-order valence-corrected chi connectivity index (χ2v) is 7.29. The minimum atomic E-state index is -3.50. The van der Waals surface area contributed by atoms with Gasteiger partial charge in [-0.25, -0.2) is 8.42 Å². The molecule has 23 heavy (non-hydrogen) atoms. The Morgan fingerprint density at radius 3 is 2.48 bits per heavy atom. The molecular weight excluding hydrogens is 338 g/mol. The molecule has 1 aromatic rings. The minimum Gasteiger partial charge on any atom is -0.352 e. The number of nitrogens with two attached hydrogens (primary N) is 1. The van der Waals surface area contributed by atoms with Crippen molar-refractivity contribution in [2.24, 2.45) is 5.73 Å². The van der Waals surface area contributed by atoms with Gasteiger partial charge in [0, 0.05) is 32.6 Å². The number of carbonyl (C=O) groups is 1. The molecule has 1 heterocycles. The van der Waals surface area contributed by atoms with Gasteiger partial charge in [-0.2, -0.15) is 4.31 Å². The van der Waals surface area contributed by atoms with Gasteiger partial charge in [-0.05, 0) is 24.5 Å². The molecule has 6 nitrogen and oxygen atoms in total. The van der Waals surface area contributed by atoms with E-state index in [9.17, 15) is 13.2 Å². The molecule has 0 saturated carbocycles. The highest BCUT2D eigenvalue weighted by Crippen LogP contribution is 2.23. The summed E-state index contributed by atoms with van der Waals surface area (Å²) < 4.78 is 27.1. The first-order valence-electron chi connectivity index (χ1n) is 7.60. The number of hydrogen-bond acceptors (Lipinski definition) is 4. The molecule has 0 atom stereocenters. The largest absolute Gasteiger partial charge is 0.352 e. The standard InChI is InChI=1S/C15H23N3O3S.ClH/c16-9-8-15(19)17-12-13-6-2-3-7-14(13)22(20,21)18-10-4-1-5-11-18;/h2-3,6-7H,1,4-5,8-12,16H2,(H,17,19);1H. The average molecular weight is 362 g/mol. The van der Waals surface area contributed by atoms with E-state index in [2.05, 4.69) is 5.32 Å². The fourth-order valence-corrected chi connectivity index (χ4v) is 4.30. The number of halogens is 1. The SMILES string of the molecule is Cl.NCCC(=O)NCc1ccccc1S(=O)(=O)N1CCCCC1. The van der Waals surface area contributed by atoms with Gasteiger partial charge < -0.3 is 11.1 Å². The summed E-state index contributed by atoms with van der Waals surface area (Å²) in [7, 11) is -3.50. The fraction of sp³-hybridized carbons (Fsp3) is 0.533. The highest BCUT2D eigenvalue weighted by molar-refractivity contribution is 7.89. The maximum atomic E-state index is 12.8. The number of rotatable bonds is 6. The van der Waals surface area contributed by atoms with Crippen LogP contribution in [0.1, 0.15) is 31.2 Å². The maximum Gasteiger partial charge on any atom is 0.243 e. The number of piperidine rings is 1. The molecule has 0 unspecified atom stereocenters. The van der Waals surface area contributed by atoms with Gasteiger partial charge in [0.15, 0.2) is 0 Å². The van der Waals surface area contributed by atoms with E-state index in [0.717, 1.165) is 19.3 Å². The molecule has 2 rings (SSSR count). The van der Waals surface area contributed by atoms with Crippen molar-refractivity contribution in [1.82, 2.24) is 9.62 Å². The first-order valence-corrected chi connectivity index (χ1v) is 9.04. The Morgan fingerprint density at radius 1 is 1.17 bits per heavy atom. The summed E-state index contributed by atoms with van der Waals surface area (Å²) in [6.07, 6.45) is 3.10. The van der Waals surface area contributed by atoms with Crippen molar-refractivity contribution in [3.8, 4) is 0 Å².